The molecule has 2 fully saturated rings. The number of carbonyl (C=O) groups is 1. The zero-order valence-electron chi connectivity index (χ0n) is 12.5. The van der Waals surface area contributed by atoms with Crippen LogP contribution in [0.1, 0.15) is 18.4 Å². The summed E-state index contributed by atoms with van der Waals surface area (Å²) in [5, 5.41) is 6.34. The van der Waals surface area contributed by atoms with Crippen LogP contribution in [0.2, 0.25) is 0 Å². The molecule has 2 saturated heterocycles. The molecule has 0 saturated carbocycles. The highest BCUT2D eigenvalue weighted by molar-refractivity contribution is 5.89. The first kappa shape index (κ1) is 14.4. The van der Waals surface area contributed by atoms with Gasteiger partial charge in [-0.3, -0.25) is 4.90 Å². The molecule has 0 atom stereocenters. The monoisotopic (exact) mass is 288 g/mol. The van der Waals surface area contributed by atoms with Gasteiger partial charge in [-0.1, -0.05) is 12.1 Å². The van der Waals surface area contributed by atoms with Gasteiger partial charge in [0.25, 0.3) is 0 Å². The number of hydrogen-bond acceptors (Lipinski definition) is 3. The Morgan fingerprint density at radius 1 is 1.05 bits per heavy atom. The van der Waals surface area contributed by atoms with Crippen molar-refractivity contribution in [1.82, 2.24) is 15.1 Å². The minimum absolute atomic E-state index is 0.0300. The number of anilines is 1. The lowest BCUT2D eigenvalue weighted by molar-refractivity contribution is 0.222. The second-order valence-electron chi connectivity index (χ2n) is 5.85. The van der Waals surface area contributed by atoms with Crippen LogP contribution in [0.3, 0.4) is 0 Å². The van der Waals surface area contributed by atoms with E-state index in [4.69, 9.17) is 0 Å². The van der Waals surface area contributed by atoms with Gasteiger partial charge in [-0.15, -0.1) is 0 Å². The SMILES string of the molecule is O=C(Nc1ccc(CN2CCNCC2)cc1)N1CCCC1. The van der Waals surface area contributed by atoms with Crippen molar-refractivity contribution in [3.63, 3.8) is 0 Å². The average Bonchev–Trinajstić information content (AvgIpc) is 3.05. The third-order valence-corrected chi connectivity index (χ3v) is 4.21. The van der Waals surface area contributed by atoms with E-state index >= 15 is 0 Å². The molecule has 0 radical (unpaired) electrons. The molecule has 2 aliphatic rings. The summed E-state index contributed by atoms with van der Waals surface area (Å²) in [6.07, 6.45) is 2.24. The molecule has 0 spiro atoms. The Labute approximate surface area is 126 Å². The quantitative estimate of drug-likeness (QED) is 0.890. The Morgan fingerprint density at radius 3 is 2.38 bits per heavy atom. The van der Waals surface area contributed by atoms with Crippen LogP contribution in [0.4, 0.5) is 10.5 Å². The summed E-state index contributed by atoms with van der Waals surface area (Å²) >= 11 is 0. The first-order chi connectivity index (χ1) is 10.3. The van der Waals surface area contributed by atoms with E-state index in [0.29, 0.717) is 0 Å². The summed E-state index contributed by atoms with van der Waals surface area (Å²) in [4.78, 5) is 16.4. The van der Waals surface area contributed by atoms with E-state index in [1.807, 2.05) is 17.0 Å². The predicted molar refractivity (Wildman–Crippen MR) is 84.4 cm³/mol. The van der Waals surface area contributed by atoms with E-state index in [-0.39, 0.29) is 6.03 Å². The van der Waals surface area contributed by atoms with Crippen LogP contribution in [-0.4, -0.2) is 55.1 Å². The van der Waals surface area contributed by atoms with Crippen LogP contribution < -0.4 is 10.6 Å². The lowest BCUT2D eigenvalue weighted by atomic mass is 10.2. The van der Waals surface area contributed by atoms with E-state index in [1.54, 1.807) is 0 Å². The molecule has 0 aromatic heterocycles. The smallest absolute Gasteiger partial charge is 0.321 e. The minimum Gasteiger partial charge on any atom is -0.325 e. The number of urea groups is 1. The van der Waals surface area contributed by atoms with Crippen LogP contribution in [0.25, 0.3) is 0 Å². The molecule has 0 aliphatic carbocycles. The molecule has 0 bridgehead atoms. The van der Waals surface area contributed by atoms with Crippen molar-refractivity contribution < 1.29 is 4.79 Å². The fraction of sp³-hybridized carbons (Fsp3) is 0.562. The second kappa shape index (κ2) is 6.91. The molecule has 2 N–H and O–H groups in total. The van der Waals surface area contributed by atoms with Gasteiger partial charge in [0.1, 0.15) is 0 Å². The number of piperazine rings is 1. The van der Waals surface area contributed by atoms with Gasteiger partial charge >= 0.3 is 6.03 Å². The summed E-state index contributed by atoms with van der Waals surface area (Å²) in [5.41, 5.74) is 2.19. The number of nitrogens with one attached hydrogen (secondary N) is 2. The Kier molecular flexibility index (Phi) is 4.72. The van der Waals surface area contributed by atoms with Gasteiger partial charge in [-0.05, 0) is 30.5 Å². The standard InChI is InChI=1S/C16H24N4O/c21-16(20-9-1-2-10-20)18-15-5-3-14(4-6-15)13-19-11-7-17-8-12-19/h3-6,17H,1-2,7-13H2,(H,18,21). The molecule has 1 aromatic carbocycles. The van der Waals surface area contributed by atoms with Crippen LogP contribution in [0.5, 0.6) is 0 Å². The van der Waals surface area contributed by atoms with Crippen molar-refractivity contribution in [2.75, 3.05) is 44.6 Å². The third kappa shape index (κ3) is 3.95. The topological polar surface area (TPSA) is 47.6 Å². The number of nitrogens with zero attached hydrogens (tertiary/aromatic N) is 2. The minimum atomic E-state index is 0.0300. The zero-order valence-corrected chi connectivity index (χ0v) is 12.5. The number of carbonyl (C=O) groups excluding carboxylic acids is 1. The maximum absolute atomic E-state index is 12.0. The predicted octanol–water partition coefficient (Wildman–Crippen LogP) is 1.72. The Hall–Kier alpha value is -1.59. The normalized spacial score (nSPS) is 19.7. The highest BCUT2D eigenvalue weighted by Crippen LogP contribution is 2.14. The van der Waals surface area contributed by atoms with Crippen molar-refractivity contribution in [3.8, 4) is 0 Å². The van der Waals surface area contributed by atoms with Crippen molar-refractivity contribution in [2.45, 2.75) is 19.4 Å². The summed E-state index contributed by atoms with van der Waals surface area (Å²) in [6, 6.07) is 8.27. The summed E-state index contributed by atoms with van der Waals surface area (Å²) in [7, 11) is 0. The Balaban J connectivity index is 1.52. The van der Waals surface area contributed by atoms with Crippen molar-refractivity contribution in [3.05, 3.63) is 29.8 Å². The number of amides is 2. The molecule has 21 heavy (non-hydrogen) atoms. The third-order valence-electron chi connectivity index (χ3n) is 4.21. The van der Waals surface area contributed by atoms with E-state index in [9.17, 15) is 4.79 Å². The number of benzene rings is 1. The fourth-order valence-electron chi connectivity index (χ4n) is 2.94. The van der Waals surface area contributed by atoms with Crippen LogP contribution in [0, 0.1) is 0 Å². The lowest BCUT2D eigenvalue weighted by Gasteiger charge is -2.27. The van der Waals surface area contributed by atoms with Gasteiger partial charge in [-0.2, -0.15) is 0 Å². The van der Waals surface area contributed by atoms with Crippen molar-refractivity contribution >= 4 is 11.7 Å². The summed E-state index contributed by atoms with van der Waals surface area (Å²) in [5.74, 6) is 0. The van der Waals surface area contributed by atoms with E-state index < -0.39 is 0 Å². The second-order valence-corrected chi connectivity index (χ2v) is 5.85. The summed E-state index contributed by atoms with van der Waals surface area (Å²) in [6.45, 7) is 7.11. The average molecular weight is 288 g/mol. The van der Waals surface area contributed by atoms with Gasteiger partial charge < -0.3 is 15.5 Å². The van der Waals surface area contributed by atoms with Gasteiger partial charge in [0.15, 0.2) is 0 Å². The van der Waals surface area contributed by atoms with Crippen molar-refractivity contribution in [2.24, 2.45) is 0 Å². The Bertz CT molecular complexity index is 462. The number of likely N-dealkylation sites (tertiary alicyclic amines) is 1. The maximum Gasteiger partial charge on any atom is 0.321 e. The fourth-order valence-corrected chi connectivity index (χ4v) is 2.94. The molecule has 2 amide bonds. The van der Waals surface area contributed by atoms with Gasteiger partial charge in [0, 0.05) is 51.5 Å². The van der Waals surface area contributed by atoms with Crippen molar-refractivity contribution in [1.29, 1.82) is 0 Å². The first-order valence-corrected chi connectivity index (χ1v) is 7.89. The molecule has 0 unspecified atom stereocenters. The number of rotatable bonds is 3. The molecular formula is C16H24N4O. The molecule has 2 aliphatic heterocycles. The molecule has 114 valence electrons. The zero-order chi connectivity index (χ0) is 14.5. The Morgan fingerprint density at radius 2 is 1.71 bits per heavy atom. The highest BCUT2D eigenvalue weighted by atomic mass is 16.2. The molecule has 5 nitrogen and oxygen atoms in total. The molecule has 2 heterocycles. The molecule has 3 rings (SSSR count). The molecule has 1 aromatic rings. The van der Waals surface area contributed by atoms with E-state index in [1.165, 1.54) is 5.56 Å². The maximum atomic E-state index is 12.0. The van der Waals surface area contributed by atoms with Gasteiger partial charge in [0.05, 0.1) is 0 Å². The van der Waals surface area contributed by atoms with Crippen LogP contribution >= 0.6 is 0 Å². The molecule has 5 heteroatoms. The first-order valence-electron chi connectivity index (χ1n) is 7.89. The van der Waals surface area contributed by atoms with E-state index in [0.717, 1.165) is 64.3 Å². The molecular weight excluding hydrogens is 264 g/mol. The highest BCUT2D eigenvalue weighted by Gasteiger charge is 2.17. The summed E-state index contributed by atoms with van der Waals surface area (Å²) < 4.78 is 0. The van der Waals surface area contributed by atoms with Gasteiger partial charge in [0.2, 0.25) is 0 Å². The largest absolute Gasteiger partial charge is 0.325 e. The number of hydrogen-bond donors (Lipinski definition) is 2. The van der Waals surface area contributed by atoms with Crippen LogP contribution in [-0.2, 0) is 6.54 Å². The van der Waals surface area contributed by atoms with E-state index in [2.05, 4.69) is 27.7 Å². The van der Waals surface area contributed by atoms with Gasteiger partial charge in [-0.25, -0.2) is 4.79 Å². The lowest BCUT2D eigenvalue weighted by Crippen LogP contribution is -2.42. The van der Waals surface area contributed by atoms with Crippen LogP contribution in [0.15, 0.2) is 24.3 Å².